The molecule has 2 aromatic carbocycles. The third-order valence-corrected chi connectivity index (χ3v) is 5.81. The van der Waals surface area contributed by atoms with Gasteiger partial charge in [0.15, 0.2) is 11.0 Å². The highest BCUT2D eigenvalue weighted by Gasteiger charge is 2.24. The van der Waals surface area contributed by atoms with Gasteiger partial charge in [-0.1, -0.05) is 47.6 Å². The Morgan fingerprint density at radius 3 is 2.33 bits per heavy atom. The Morgan fingerprint density at radius 2 is 1.70 bits per heavy atom. The molecule has 8 heteroatoms. The van der Waals surface area contributed by atoms with E-state index in [0.29, 0.717) is 27.3 Å². The van der Waals surface area contributed by atoms with Crippen molar-refractivity contribution in [1.29, 1.82) is 0 Å². The van der Waals surface area contributed by atoms with Gasteiger partial charge in [0, 0.05) is 17.6 Å². The zero-order valence-corrected chi connectivity index (χ0v) is 18.9. The van der Waals surface area contributed by atoms with Gasteiger partial charge in [-0.2, -0.15) is 0 Å². The maximum absolute atomic E-state index is 14.7. The Morgan fingerprint density at radius 1 is 1.07 bits per heavy atom. The summed E-state index contributed by atoms with van der Waals surface area (Å²) in [5.41, 5.74) is 0.941. The van der Waals surface area contributed by atoms with Crippen LogP contribution in [0, 0.1) is 5.82 Å². The molecule has 1 amide bonds. The lowest BCUT2D eigenvalue weighted by Crippen LogP contribution is -2.43. The lowest BCUT2D eigenvalue weighted by atomic mass is 10.2. The first-order chi connectivity index (χ1) is 14.3. The Labute approximate surface area is 185 Å². The Balaban J connectivity index is 2.01. The summed E-state index contributed by atoms with van der Waals surface area (Å²) in [4.78, 5) is 14.6. The molecule has 5 nitrogen and oxygen atoms in total. The van der Waals surface area contributed by atoms with Crippen LogP contribution in [0.1, 0.15) is 27.7 Å². The number of carbonyl (C=O) groups is 1. The number of amides is 1. The van der Waals surface area contributed by atoms with Crippen molar-refractivity contribution >= 4 is 29.3 Å². The van der Waals surface area contributed by atoms with Crippen molar-refractivity contribution in [3.05, 3.63) is 59.4 Å². The monoisotopic (exact) mass is 446 g/mol. The van der Waals surface area contributed by atoms with Crippen LogP contribution < -0.4 is 0 Å². The SMILES string of the molecule is CC(C)N(C(=O)CSc1nnc(-c2ccccc2Cl)n1-c1ccccc1F)C(C)C. The molecule has 0 fully saturated rings. The summed E-state index contributed by atoms with van der Waals surface area (Å²) in [6.07, 6.45) is 0. The Kier molecular flexibility index (Phi) is 7.15. The fourth-order valence-electron chi connectivity index (χ4n) is 3.40. The predicted molar refractivity (Wildman–Crippen MR) is 120 cm³/mol. The van der Waals surface area contributed by atoms with Crippen molar-refractivity contribution in [2.75, 3.05) is 5.75 Å². The van der Waals surface area contributed by atoms with E-state index in [1.807, 2.05) is 50.8 Å². The summed E-state index contributed by atoms with van der Waals surface area (Å²) in [6.45, 7) is 7.94. The second kappa shape index (κ2) is 9.62. The Hall–Kier alpha value is -2.38. The number of halogens is 2. The van der Waals surface area contributed by atoms with Crippen molar-refractivity contribution in [1.82, 2.24) is 19.7 Å². The first-order valence-electron chi connectivity index (χ1n) is 9.70. The van der Waals surface area contributed by atoms with Gasteiger partial charge < -0.3 is 4.90 Å². The highest BCUT2D eigenvalue weighted by Crippen LogP contribution is 2.32. The number of hydrogen-bond acceptors (Lipinski definition) is 4. The molecule has 0 N–H and O–H groups in total. The van der Waals surface area contributed by atoms with Crippen LogP contribution in [0.5, 0.6) is 0 Å². The third kappa shape index (κ3) is 4.68. The molecule has 1 aromatic heterocycles. The molecule has 0 aliphatic rings. The van der Waals surface area contributed by atoms with Crippen LogP contribution in [0.4, 0.5) is 4.39 Å². The summed E-state index contributed by atoms with van der Waals surface area (Å²) in [7, 11) is 0. The molecule has 0 spiro atoms. The molecule has 30 heavy (non-hydrogen) atoms. The van der Waals surface area contributed by atoms with Gasteiger partial charge >= 0.3 is 0 Å². The molecule has 0 saturated heterocycles. The van der Waals surface area contributed by atoms with Crippen LogP contribution in [0.2, 0.25) is 5.02 Å². The van der Waals surface area contributed by atoms with Gasteiger partial charge in [-0.05, 0) is 52.0 Å². The van der Waals surface area contributed by atoms with Gasteiger partial charge in [0.25, 0.3) is 0 Å². The average Bonchev–Trinajstić information content (AvgIpc) is 3.10. The number of hydrogen-bond donors (Lipinski definition) is 0. The predicted octanol–water partition coefficient (Wildman–Crippen LogP) is 5.46. The molecule has 158 valence electrons. The van der Waals surface area contributed by atoms with E-state index < -0.39 is 5.82 Å². The highest BCUT2D eigenvalue weighted by molar-refractivity contribution is 7.99. The normalized spacial score (nSPS) is 11.3. The van der Waals surface area contributed by atoms with Crippen LogP contribution >= 0.6 is 23.4 Å². The molecule has 0 aliphatic carbocycles. The molecule has 0 bridgehead atoms. The molecule has 1 heterocycles. The highest BCUT2D eigenvalue weighted by atomic mass is 35.5. The van der Waals surface area contributed by atoms with Crippen molar-refractivity contribution in [3.8, 4) is 17.1 Å². The van der Waals surface area contributed by atoms with Crippen LogP contribution in [-0.2, 0) is 4.79 Å². The molecular formula is C22H24ClFN4OS. The van der Waals surface area contributed by atoms with Crippen LogP contribution in [0.25, 0.3) is 17.1 Å². The maximum atomic E-state index is 14.7. The van der Waals surface area contributed by atoms with Crippen LogP contribution in [0.3, 0.4) is 0 Å². The number of carbonyl (C=O) groups excluding carboxylic acids is 1. The molecule has 0 saturated carbocycles. The zero-order chi connectivity index (χ0) is 21.8. The number of aromatic nitrogens is 3. The van der Waals surface area contributed by atoms with Gasteiger partial charge in [0.1, 0.15) is 5.82 Å². The number of benzene rings is 2. The van der Waals surface area contributed by atoms with E-state index in [-0.39, 0.29) is 23.7 Å². The summed E-state index contributed by atoms with van der Waals surface area (Å²) < 4.78 is 16.3. The lowest BCUT2D eigenvalue weighted by Gasteiger charge is -2.30. The van der Waals surface area contributed by atoms with E-state index in [4.69, 9.17) is 11.6 Å². The van der Waals surface area contributed by atoms with Crippen molar-refractivity contribution in [2.45, 2.75) is 44.9 Å². The zero-order valence-electron chi connectivity index (χ0n) is 17.3. The molecule has 0 unspecified atom stereocenters. The van der Waals surface area contributed by atoms with E-state index in [1.54, 1.807) is 28.8 Å². The van der Waals surface area contributed by atoms with E-state index in [2.05, 4.69) is 10.2 Å². The van der Waals surface area contributed by atoms with E-state index in [1.165, 1.54) is 17.8 Å². The van der Waals surface area contributed by atoms with Gasteiger partial charge in [-0.25, -0.2) is 4.39 Å². The number of nitrogens with zero attached hydrogens (tertiary/aromatic N) is 4. The molecule has 0 radical (unpaired) electrons. The quantitative estimate of drug-likeness (QED) is 0.452. The van der Waals surface area contributed by atoms with E-state index >= 15 is 0 Å². The second-order valence-electron chi connectivity index (χ2n) is 7.35. The van der Waals surface area contributed by atoms with E-state index in [9.17, 15) is 9.18 Å². The molecule has 3 aromatic rings. The van der Waals surface area contributed by atoms with Gasteiger partial charge in [0.2, 0.25) is 5.91 Å². The molecule has 0 aliphatic heterocycles. The summed E-state index contributed by atoms with van der Waals surface area (Å²) in [5.74, 6) is 0.174. The maximum Gasteiger partial charge on any atom is 0.233 e. The minimum absolute atomic E-state index is 0.00706. The first kappa shape index (κ1) is 22.3. The van der Waals surface area contributed by atoms with Gasteiger partial charge in [-0.3, -0.25) is 9.36 Å². The number of rotatable bonds is 7. The molecule has 0 atom stereocenters. The first-order valence-corrected chi connectivity index (χ1v) is 11.1. The van der Waals surface area contributed by atoms with Crippen molar-refractivity contribution < 1.29 is 9.18 Å². The smallest absolute Gasteiger partial charge is 0.233 e. The third-order valence-electron chi connectivity index (χ3n) is 4.57. The van der Waals surface area contributed by atoms with Gasteiger partial charge in [0.05, 0.1) is 16.5 Å². The average molecular weight is 447 g/mol. The molecular weight excluding hydrogens is 423 g/mol. The standard InChI is InChI=1S/C22H24ClFN4OS/c1-14(2)27(15(3)4)20(29)13-30-22-26-25-21(16-9-5-6-10-17(16)23)28(22)19-12-8-7-11-18(19)24/h5-12,14-15H,13H2,1-4H3. The van der Waals surface area contributed by atoms with E-state index in [0.717, 1.165) is 0 Å². The lowest BCUT2D eigenvalue weighted by molar-refractivity contribution is -0.131. The fourth-order valence-corrected chi connectivity index (χ4v) is 4.44. The van der Waals surface area contributed by atoms with Crippen LogP contribution in [-0.4, -0.2) is 43.4 Å². The number of para-hydroxylation sites is 1. The van der Waals surface area contributed by atoms with Gasteiger partial charge in [-0.15, -0.1) is 10.2 Å². The molecule has 3 rings (SSSR count). The summed E-state index contributed by atoms with van der Waals surface area (Å²) in [6, 6.07) is 13.8. The minimum atomic E-state index is -0.412. The summed E-state index contributed by atoms with van der Waals surface area (Å²) in [5, 5.41) is 9.44. The van der Waals surface area contributed by atoms with Crippen LogP contribution in [0.15, 0.2) is 53.7 Å². The van der Waals surface area contributed by atoms with Crippen molar-refractivity contribution in [2.24, 2.45) is 0 Å². The topological polar surface area (TPSA) is 51.0 Å². The Bertz CT molecular complexity index is 1030. The second-order valence-corrected chi connectivity index (χ2v) is 8.70. The fraction of sp³-hybridized carbons (Fsp3) is 0.318. The summed E-state index contributed by atoms with van der Waals surface area (Å²) >= 11 is 7.60. The minimum Gasteiger partial charge on any atom is -0.337 e. The largest absolute Gasteiger partial charge is 0.337 e. The number of thioether (sulfide) groups is 1. The van der Waals surface area contributed by atoms with Crippen molar-refractivity contribution in [3.63, 3.8) is 0 Å².